The Morgan fingerprint density at radius 1 is 0.674 bits per heavy atom. The normalized spacial score (nSPS) is 44.5. The van der Waals surface area contributed by atoms with Crippen molar-refractivity contribution in [2.45, 2.75) is 111 Å². The highest BCUT2D eigenvalue weighted by molar-refractivity contribution is 5.78. The number of carboxylic acids is 1. The average molecular weight is 633 g/mol. The van der Waals surface area contributed by atoms with E-state index in [0.717, 1.165) is 0 Å². The van der Waals surface area contributed by atoms with Crippen molar-refractivity contribution in [3.63, 3.8) is 0 Å². The number of nitrogens with one attached hydrogen (secondary N) is 1. The highest BCUT2D eigenvalue weighted by Gasteiger charge is 2.49. The SMILES string of the molecule is NC(CCC(=O)NC1OC(COC2OC(COC3OC(CO)C(O)C(O)C3O)C(O)C(O)C2O)C(O)C(O)C1O)C(=O)O. The Balaban J connectivity index is 1.58. The molecular formula is C23H40N2O18. The van der Waals surface area contributed by atoms with Gasteiger partial charge in [-0.2, -0.15) is 0 Å². The Morgan fingerprint density at radius 3 is 1.60 bits per heavy atom. The van der Waals surface area contributed by atoms with Gasteiger partial charge in [0.1, 0.15) is 79.3 Å². The molecule has 0 spiro atoms. The van der Waals surface area contributed by atoms with E-state index in [1.807, 2.05) is 0 Å². The number of hydrogen-bond donors (Lipinski definition) is 13. The fraction of sp³-hybridized carbons (Fsp3) is 0.913. The van der Waals surface area contributed by atoms with Crippen molar-refractivity contribution >= 4 is 11.9 Å². The zero-order chi connectivity index (χ0) is 32.2. The van der Waals surface area contributed by atoms with Gasteiger partial charge >= 0.3 is 5.97 Å². The van der Waals surface area contributed by atoms with Gasteiger partial charge in [-0.1, -0.05) is 0 Å². The zero-order valence-electron chi connectivity index (χ0n) is 22.6. The first kappa shape index (κ1) is 35.8. The summed E-state index contributed by atoms with van der Waals surface area (Å²) in [6, 6.07) is -1.32. The molecule has 16 atom stereocenters. The number of carbonyl (C=O) groups excluding carboxylic acids is 1. The predicted octanol–water partition coefficient (Wildman–Crippen LogP) is -8.26. The molecule has 43 heavy (non-hydrogen) atoms. The van der Waals surface area contributed by atoms with E-state index in [-0.39, 0.29) is 12.8 Å². The van der Waals surface area contributed by atoms with E-state index in [0.29, 0.717) is 0 Å². The summed E-state index contributed by atoms with van der Waals surface area (Å²) in [5.74, 6) is -2.11. The summed E-state index contributed by atoms with van der Waals surface area (Å²) in [5.41, 5.74) is 5.35. The largest absolute Gasteiger partial charge is 0.480 e. The molecule has 250 valence electrons. The second kappa shape index (κ2) is 15.5. The number of aliphatic hydroxyl groups is 10. The van der Waals surface area contributed by atoms with Crippen LogP contribution in [0.3, 0.4) is 0 Å². The van der Waals surface area contributed by atoms with Gasteiger partial charge < -0.3 is 90.9 Å². The standard InChI is InChI=1S/C23H40N2O18/c24-6(21(37)38)1-2-10(27)25-20-17(34)14(31)12(29)8(41-20)4-39-23-19(36)16(33)13(30)9(43-23)5-40-22-18(35)15(32)11(28)7(3-26)42-22/h6-9,11-20,22-23,26,28-36H,1-5,24H2,(H,25,27)(H,37,38). The van der Waals surface area contributed by atoms with E-state index >= 15 is 0 Å². The van der Waals surface area contributed by atoms with Gasteiger partial charge in [0, 0.05) is 6.42 Å². The number of aliphatic hydroxyl groups excluding tert-OH is 10. The Kier molecular flexibility index (Phi) is 12.9. The molecule has 20 heteroatoms. The third kappa shape index (κ3) is 8.52. The van der Waals surface area contributed by atoms with Gasteiger partial charge in [-0.05, 0) is 6.42 Å². The fourth-order valence-corrected chi connectivity index (χ4v) is 4.62. The summed E-state index contributed by atoms with van der Waals surface area (Å²) in [5, 5.41) is 112. The van der Waals surface area contributed by atoms with E-state index in [4.69, 9.17) is 34.5 Å². The predicted molar refractivity (Wildman–Crippen MR) is 132 cm³/mol. The molecule has 3 saturated heterocycles. The summed E-state index contributed by atoms with van der Waals surface area (Å²) < 4.78 is 26.8. The Hall–Kier alpha value is -1.70. The molecule has 3 aliphatic heterocycles. The summed E-state index contributed by atoms with van der Waals surface area (Å²) in [7, 11) is 0. The van der Waals surface area contributed by atoms with Gasteiger partial charge in [-0.25, -0.2) is 0 Å². The highest BCUT2D eigenvalue weighted by Crippen LogP contribution is 2.27. The monoisotopic (exact) mass is 632 g/mol. The van der Waals surface area contributed by atoms with E-state index in [1.165, 1.54) is 0 Å². The number of carbonyl (C=O) groups is 2. The van der Waals surface area contributed by atoms with Crippen LogP contribution in [0.15, 0.2) is 0 Å². The Morgan fingerprint density at radius 2 is 1.12 bits per heavy atom. The number of ether oxygens (including phenoxy) is 5. The molecule has 3 fully saturated rings. The molecule has 1 amide bonds. The number of carboxylic acid groups (broad SMARTS) is 1. The smallest absolute Gasteiger partial charge is 0.320 e. The van der Waals surface area contributed by atoms with E-state index < -0.39 is 130 Å². The molecule has 0 radical (unpaired) electrons. The van der Waals surface area contributed by atoms with Gasteiger partial charge in [-0.3, -0.25) is 9.59 Å². The van der Waals surface area contributed by atoms with Crippen LogP contribution < -0.4 is 11.1 Å². The van der Waals surface area contributed by atoms with Gasteiger partial charge in [-0.15, -0.1) is 0 Å². The molecule has 3 heterocycles. The minimum atomic E-state index is -1.86. The minimum absolute atomic E-state index is 0.242. The first-order valence-corrected chi connectivity index (χ1v) is 13.4. The second-order valence-corrected chi connectivity index (χ2v) is 10.5. The molecule has 14 N–H and O–H groups in total. The molecular weight excluding hydrogens is 592 g/mol. The van der Waals surface area contributed by atoms with Crippen LogP contribution in [0.25, 0.3) is 0 Å². The zero-order valence-corrected chi connectivity index (χ0v) is 22.6. The van der Waals surface area contributed by atoms with E-state index in [9.17, 15) is 60.7 Å². The Bertz CT molecular complexity index is 915. The molecule has 0 aliphatic carbocycles. The summed E-state index contributed by atoms with van der Waals surface area (Å²) in [4.78, 5) is 23.0. The maximum absolute atomic E-state index is 12.2. The molecule has 0 aromatic rings. The third-order valence-corrected chi connectivity index (χ3v) is 7.38. The molecule has 3 aliphatic rings. The van der Waals surface area contributed by atoms with Crippen LogP contribution in [0, 0.1) is 0 Å². The van der Waals surface area contributed by atoms with Crippen LogP contribution in [0.5, 0.6) is 0 Å². The van der Waals surface area contributed by atoms with Crippen LogP contribution in [-0.4, -0.2) is 186 Å². The fourth-order valence-electron chi connectivity index (χ4n) is 4.62. The van der Waals surface area contributed by atoms with Gasteiger partial charge in [0.25, 0.3) is 0 Å². The summed E-state index contributed by atoms with van der Waals surface area (Å²) in [6.07, 6.45) is -25.7. The first-order valence-electron chi connectivity index (χ1n) is 13.4. The van der Waals surface area contributed by atoms with Crippen molar-refractivity contribution < 1.29 is 89.4 Å². The molecule has 3 rings (SSSR count). The van der Waals surface area contributed by atoms with Crippen molar-refractivity contribution in [2.75, 3.05) is 19.8 Å². The minimum Gasteiger partial charge on any atom is -0.480 e. The van der Waals surface area contributed by atoms with E-state index in [1.54, 1.807) is 0 Å². The van der Waals surface area contributed by atoms with Gasteiger partial charge in [0.15, 0.2) is 18.8 Å². The lowest BCUT2D eigenvalue weighted by atomic mass is 9.97. The maximum Gasteiger partial charge on any atom is 0.320 e. The summed E-state index contributed by atoms with van der Waals surface area (Å²) >= 11 is 0. The first-order chi connectivity index (χ1) is 20.2. The molecule has 0 aromatic heterocycles. The lowest BCUT2D eigenvalue weighted by Crippen LogP contribution is -2.64. The lowest BCUT2D eigenvalue weighted by Gasteiger charge is -2.44. The molecule has 0 aromatic carbocycles. The van der Waals surface area contributed by atoms with Crippen molar-refractivity contribution in [3.8, 4) is 0 Å². The maximum atomic E-state index is 12.2. The molecule has 20 nitrogen and oxygen atoms in total. The van der Waals surface area contributed by atoms with Crippen LogP contribution in [0.4, 0.5) is 0 Å². The molecule has 0 bridgehead atoms. The van der Waals surface area contributed by atoms with Gasteiger partial charge in [0.2, 0.25) is 5.91 Å². The number of hydrogen-bond acceptors (Lipinski definition) is 18. The van der Waals surface area contributed by atoms with Crippen LogP contribution in [0.2, 0.25) is 0 Å². The van der Waals surface area contributed by atoms with Crippen LogP contribution in [0.1, 0.15) is 12.8 Å². The van der Waals surface area contributed by atoms with Crippen LogP contribution >= 0.6 is 0 Å². The van der Waals surface area contributed by atoms with Crippen molar-refractivity contribution in [3.05, 3.63) is 0 Å². The highest BCUT2D eigenvalue weighted by atomic mass is 16.7. The van der Waals surface area contributed by atoms with Crippen molar-refractivity contribution in [2.24, 2.45) is 5.73 Å². The Labute approximate surface area is 243 Å². The average Bonchev–Trinajstić information content (AvgIpc) is 2.98. The van der Waals surface area contributed by atoms with E-state index in [2.05, 4.69) is 5.32 Å². The van der Waals surface area contributed by atoms with Crippen LogP contribution in [-0.2, 0) is 33.3 Å². The quantitative estimate of drug-likeness (QED) is 0.0949. The van der Waals surface area contributed by atoms with Gasteiger partial charge in [0.05, 0.1) is 19.8 Å². The number of aliphatic carboxylic acids is 1. The number of nitrogens with two attached hydrogens (primary N) is 1. The molecule has 16 unspecified atom stereocenters. The number of rotatable bonds is 12. The topological polar surface area (TPSA) is 341 Å². The third-order valence-electron chi connectivity index (χ3n) is 7.38. The second-order valence-electron chi connectivity index (χ2n) is 10.5. The molecule has 0 saturated carbocycles. The summed E-state index contributed by atoms with van der Waals surface area (Å²) in [6.45, 7) is -2.01. The number of amides is 1. The lowest BCUT2D eigenvalue weighted by molar-refractivity contribution is -0.336. The van der Waals surface area contributed by atoms with Crippen molar-refractivity contribution in [1.82, 2.24) is 5.32 Å². The van der Waals surface area contributed by atoms with Crippen molar-refractivity contribution in [1.29, 1.82) is 0 Å².